The van der Waals surface area contributed by atoms with E-state index >= 15 is 0 Å². The van der Waals surface area contributed by atoms with Crippen molar-refractivity contribution in [3.05, 3.63) is 0 Å². The van der Waals surface area contributed by atoms with E-state index in [1.165, 1.54) is 4.90 Å². The summed E-state index contributed by atoms with van der Waals surface area (Å²) in [4.78, 5) is 23.9. The highest BCUT2D eigenvalue weighted by Gasteiger charge is 2.12. The molecule has 76 valence electrons. The van der Waals surface area contributed by atoms with E-state index in [0.717, 1.165) is 0 Å². The van der Waals surface area contributed by atoms with Crippen LogP contribution in [0.15, 0.2) is 0 Å². The first-order valence-electron chi connectivity index (χ1n) is 4.50. The fourth-order valence-electron chi connectivity index (χ4n) is 0.822. The molecule has 0 unspecified atom stereocenters. The molecule has 0 aliphatic heterocycles. The van der Waals surface area contributed by atoms with E-state index in [1.54, 1.807) is 7.05 Å². The predicted molar refractivity (Wildman–Crippen MR) is 51.2 cm³/mol. The summed E-state index contributed by atoms with van der Waals surface area (Å²) in [6, 6.07) is 0.0900. The lowest BCUT2D eigenvalue weighted by molar-refractivity contribution is -0.135. The second-order valence-electron chi connectivity index (χ2n) is 3.31. The molecule has 0 atom stereocenters. The highest BCUT2D eigenvalue weighted by molar-refractivity contribution is 5.96. The van der Waals surface area contributed by atoms with Gasteiger partial charge < -0.3 is 10.2 Å². The molecule has 4 heteroatoms. The fraction of sp³-hybridized carbons (Fsp3) is 0.778. The quantitative estimate of drug-likeness (QED) is 0.645. The molecule has 0 spiro atoms. The summed E-state index contributed by atoms with van der Waals surface area (Å²) >= 11 is 0. The van der Waals surface area contributed by atoms with Gasteiger partial charge in [0.25, 0.3) is 0 Å². The molecule has 13 heavy (non-hydrogen) atoms. The van der Waals surface area contributed by atoms with Gasteiger partial charge in [0, 0.05) is 19.6 Å². The van der Waals surface area contributed by atoms with Gasteiger partial charge in [-0.1, -0.05) is 0 Å². The lowest BCUT2D eigenvalue weighted by Gasteiger charge is -2.14. The number of amides is 2. The van der Waals surface area contributed by atoms with Crippen LogP contribution in [0.3, 0.4) is 0 Å². The van der Waals surface area contributed by atoms with Crippen LogP contribution in [0.5, 0.6) is 0 Å². The van der Waals surface area contributed by atoms with E-state index in [4.69, 9.17) is 0 Å². The van der Waals surface area contributed by atoms with Crippen molar-refractivity contribution in [2.24, 2.45) is 0 Å². The van der Waals surface area contributed by atoms with Crippen molar-refractivity contribution in [2.75, 3.05) is 13.6 Å². The Labute approximate surface area is 79.3 Å². The van der Waals surface area contributed by atoms with Crippen molar-refractivity contribution in [3.8, 4) is 0 Å². The zero-order valence-electron chi connectivity index (χ0n) is 8.76. The second-order valence-corrected chi connectivity index (χ2v) is 3.31. The average Bonchev–Trinajstić information content (AvgIpc) is 2.01. The van der Waals surface area contributed by atoms with Gasteiger partial charge in [-0.3, -0.25) is 9.59 Å². The lowest BCUT2D eigenvalue weighted by Crippen LogP contribution is -2.36. The van der Waals surface area contributed by atoms with Crippen molar-refractivity contribution >= 4 is 11.8 Å². The second kappa shape index (κ2) is 5.56. The maximum absolute atomic E-state index is 11.2. The highest BCUT2D eigenvalue weighted by Crippen LogP contribution is 1.91. The molecule has 0 saturated heterocycles. The van der Waals surface area contributed by atoms with E-state index in [-0.39, 0.29) is 24.3 Å². The Kier molecular flexibility index (Phi) is 5.11. The van der Waals surface area contributed by atoms with Gasteiger partial charge in [-0.05, 0) is 20.8 Å². The summed E-state index contributed by atoms with van der Waals surface area (Å²) < 4.78 is 0. The Morgan fingerprint density at radius 1 is 1.38 bits per heavy atom. The van der Waals surface area contributed by atoms with Crippen LogP contribution in [-0.2, 0) is 9.59 Å². The third-order valence-electron chi connectivity index (χ3n) is 1.66. The molecule has 0 aliphatic rings. The molecule has 1 N–H and O–H groups in total. The highest BCUT2D eigenvalue weighted by atomic mass is 16.2. The van der Waals surface area contributed by atoms with Crippen LogP contribution in [0.1, 0.15) is 27.2 Å². The Morgan fingerprint density at radius 2 is 1.92 bits per heavy atom. The number of hydrogen-bond acceptors (Lipinski definition) is 2. The monoisotopic (exact) mass is 186 g/mol. The lowest BCUT2D eigenvalue weighted by atomic mass is 10.3. The molecule has 0 fully saturated rings. The average molecular weight is 186 g/mol. The maximum Gasteiger partial charge on any atom is 0.231 e. The van der Waals surface area contributed by atoms with Crippen molar-refractivity contribution in [3.63, 3.8) is 0 Å². The Hall–Kier alpha value is -1.06. The summed E-state index contributed by atoms with van der Waals surface area (Å²) in [5.41, 5.74) is 0. The Bertz CT molecular complexity index is 190. The summed E-state index contributed by atoms with van der Waals surface area (Å²) in [7, 11) is 1.69. The number of rotatable bonds is 4. The largest absolute Gasteiger partial charge is 0.353 e. The molecule has 0 aromatic carbocycles. The SMILES string of the molecule is CCN(C)C(=O)CC(=O)NC(C)C. The molecule has 2 amide bonds. The predicted octanol–water partition coefficient (Wildman–Crippen LogP) is 0.379. The van der Waals surface area contributed by atoms with Gasteiger partial charge in [0.1, 0.15) is 6.42 Å². The molecule has 0 saturated carbocycles. The Morgan fingerprint density at radius 3 is 2.31 bits per heavy atom. The standard InChI is InChI=1S/C9H18N2O2/c1-5-11(4)9(13)6-8(12)10-7(2)3/h7H,5-6H2,1-4H3,(H,10,12). The minimum absolute atomic E-state index is 0.0531. The number of nitrogens with zero attached hydrogens (tertiary/aromatic N) is 1. The van der Waals surface area contributed by atoms with E-state index in [0.29, 0.717) is 6.54 Å². The van der Waals surface area contributed by atoms with Gasteiger partial charge in [0.15, 0.2) is 0 Å². The summed E-state index contributed by atoms with van der Waals surface area (Å²) in [5, 5.41) is 2.67. The van der Waals surface area contributed by atoms with Crippen LogP contribution in [0.25, 0.3) is 0 Å². The molecule has 0 heterocycles. The summed E-state index contributed by atoms with van der Waals surface area (Å²) in [5.74, 6) is -0.346. The molecule has 4 nitrogen and oxygen atoms in total. The van der Waals surface area contributed by atoms with Crippen molar-refractivity contribution in [2.45, 2.75) is 33.2 Å². The first-order chi connectivity index (χ1) is 5.97. The maximum atomic E-state index is 11.2. The zero-order valence-corrected chi connectivity index (χ0v) is 8.76. The number of carbonyl (C=O) groups excluding carboxylic acids is 2. The van der Waals surface area contributed by atoms with Gasteiger partial charge in [-0.25, -0.2) is 0 Å². The van der Waals surface area contributed by atoms with Crippen molar-refractivity contribution in [1.82, 2.24) is 10.2 Å². The molecule has 0 rings (SSSR count). The third kappa shape index (κ3) is 5.22. The smallest absolute Gasteiger partial charge is 0.231 e. The molecule has 0 aliphatic carbocycles. The number of nitrogens with one attached hydrogen (secondary N) is 1. The van der Waals surface area contributed by atoms with Crippen LogP contribution in [0.4, 0.5) is 0 Å². The van der Waals surface area contributed by atoms with Crippen LogP contribution < -0.4 is 5.32 Å². The minimum Gasteiger partial charge on any atom is -0.353 e. The third-order valence-corrected chi connectivity index (χ3v) is 1.66. The summed E-state index contributed by atoms with van der Waals surface area (Å²) in [6.45, 7) is 6.24. The molecular weight excluding hydrogens is 168 g/mol. The van der Waals surface area contributed by atoms with Crippen molar-refractivity contribution in [1.29, 1.82) is 0 Å². The first-order valence-corrected chi connectivity index (χ1v) is 4.50. The van der Waals surface area contributed by atoms with E-state index in [1.807, 2.05) is 20.8 Å². The van der Waals surface area contributed by atoms with E-state index in [9.17, 15) is 9.59 Å². The number of hydrogen-bond donors (Lipinski definition) is 1. The Balaban J connectivity index is 3.85. The normalized spacial score (nSPS) is 9.92. The zero-order chi connectivity index (χ0) is 10.4. The number of carbonyl (C=O) groups is 2. The summed E-state index contributed by atoms with van der Waals surface area (Å²) in [6.07, 6.45) is -0.0531. The van der Waals surface area contributed by atoms with Crippen LogP contribution in [0.2, 0.25) is 0 Å². The van der Waals surface area contributed by atoms with Gasteiger partial charge in [-0.2, -0.15) is 0 Å². The van der Waals surface area contributed by atoms with Gasteiger partial charge >= 0.3 is 0 Å². The topological polar surface area (TPSA) is 49.4 Å². The fourth-order valence-corrected chi connectivity index (χ4v) is 0.822. The molecule has 0 aromatic heterocycles. The molecular formula is C9H18N2O2. The molecule has 0 radical (unpaired) electrons. The van der Waals surface area contributed by atoms with Crippen LogP contribution in [0, 0.1) is 0 Å². The van der Waals surface area contributed by atoms with Crippen molar-refractivity contribution < 1.29 is 9.59 Å². The van der Waals surface area contributed by atoms with Gasteiger partial charge in [0.2, 0.25) is 11.8 Å². The molecule has 0 bridgehead atoms. The molecule has 0 aromatic rings. The van der Waals surface area contributed by atoms with E-state index in [2.05, 4.69) is 5.32 Å². The minimum atomic E-state index is -0.208. The van der Waals surface area contributed by atoms with Crippen LogP contribution in [-0.4, -0.2) is 36.3 Å². The van der Waals surface area contributed by atoms with Crippen LogP contribution >= 0.6 is 0 Å². The first kappa shape index (κ1) is 11.9. The van der Waals surface area contributed by atoms with E-state index < -0.39 is 0 Å². The van der Waals surface area contributed by atoms with Gasteiger partial charge in [-0.15, -0.1) is 0 Å². The van der Waals surface area contributed by atoms with Gasteiger partial charge in [0.05, 0.1) is 0 Å².